The molecule has 0 heterocycles. The minimum absolute atomic E-state index is 0.935. The maximum atomic E-state index is 4.57. The van der Waals surface area contributed by atoms with E-state index in [2.05, 4.69) is 68.6 Å². The standard InChI is InChI=1S/C10H20.C8H12.ClH.Ru/c1-6-7(2)9(4)10(5)8(6)3;1-2-4-6-8-7-5-3-1;;/h6-10H,1-5H3;1-2,7-8H,3-6H2;1H;/q;;;+1/p-1/b;2-1-,8-7-;;. The Bertz CT molecular complexity index is 214. The van der Waals surface area contributed by atoms with Gasteiger partial charge in [0.15, 0.2) is 0 Å². The number of hydrogen-bond donors (Lipinski definition) is 0. The molecule has 0 amide bonds. The molecule has 20 heavy (non-hydrogen) atoms. The molecule has 0 N–H and O–H groups in total. The van der Waals surface area contributed by atoms with Gasteiger partial charge in [0, 0.05) is 0 Å². The van der Waals surface area contributed by atoms with Crippen LogP contribution in [0.3, 0.4) is 0 Å². The van der Waals surface area contributed by atoms with Gasteiger partial charge in [-0.1, -0.05) is 58.9 Å². The van der Waals surface area contributed by atoms with Crippen molar-refractivity contribution < 1.29 is 17.3 Å². The number of hydrogen-bond acceptors (Lipinski definition) is 0. The molecule has 0 aromatic heterocycles. The molecule has 0 aromatic carbocycles. The van der Waals surface area contributed by atoms with Gasteiger partial charge in [0.1, 0.15) is 0 Å². The van der Waals surface area contributed by atoms with Gasteiger partial charge in [0.25, 0.3) is 0 Å². The van der Waals surface area contributed by atoms with Gasteiger partial charge in [-0.2, -0.15) is 0 Å². The molecule has 2 aliphatic carbocycles. The first-order valence-corrected chi connectivity index (χ1v) is 10.2. The molecule has 0 aromatic rings. The molecular weight excluding hydrogens is 353 g/mol. The van der Waals surface area contributed by atoms with E-state index in [9.17, 15) is 0 Å². The van der Waals surface area contributed by atoms with E-state index >= 15 is 0 Å². The zero-order chi connectivity index (χ0) is 15.5. The van der Waals surface area contributed by atoms with Gasteiger partial charge in [-0.05, 0) is 55.3 Å². The van der Waals surface area contributed by atoms with Crippen LogP contribution in [0, 0.1) is 29.6 Å². The van der Waals surface area contributed by atoms with E-state index in [-0.39, 0.29) is 0 Å². The predicted molar refractivity (Wildman–Crippen MR) is 88.4 cm³/mol. The van der Waals surface area contributed by atoms with Gasteiger partial charge in [-0.15, -0.1) is 0 Å². The van der Waals surface area contributed by atoms with E-state index in [0.29, 0.717) is 0 Å². The third-order valence-corrected chi connectivity index (χ3v) is 5.48. The summed E-state index contributed by atoms with van der Waals surface area (Å²) in [5.74, 6) is 4.68. The zero-order valence-electron chi connectivity index (χ0n) is 13.8. The normalized spacial score (nSPS) is 39.2. The van der Waals surface area contributed by atoms with Crippen molar-refractivity contribution in [3.8, 4) is 0 Å². The van der Waals surface area contributed by atoms with Gasteiger partial charge in [-0.25, -0.2) is 0 Å². The molecule has 0 saturated heterocycles. The number of halogens is 1. The van der Waals surface area contributed by atoms with E-state index in [1.165, 1.54) is 25.7 Å². The minimum atomic E-state index is 0.935. The van der Waals surface area contributed by atoms with Crippen LogP contribution in [-0.2, 0) is 17.3 Å². The van der Waals surface area contributed by atoms with Crippen LogP contribution >= 0.6 is 9.69 Å². The average Bonchev–Trinajstić information content (AvgIpc) is 2.59. The van der Waals surface area contributed by atoms with Gasteiger partial charge in [0.2, 0.25) is 0 Å². The van der Waals surface area contributed by atoms with Crippen molar-refractivity contribution in [1.82, 2.24) is 0 Å². The van der Waals surface area contributed by atoms with Crippen LogP contribution in [0.25, 0.3) is 0 Å². The van der Waals surface area contributed by atoms with E-state index in [4.69, 9.17) is 0 Å². The van der Waals surface area contributed by atoms with Crippen molar-refractivity contribution in [2.24, 2.45) is 29.6 Å². The Morgan fingerprint density at radius 2 is 0.700 bits per heavy atom. The van der Waals surface area contributed by atoms with Crippen LogP contribution in [0.5, 0.6) is 0 Å². The molecule has 0 radical (unpaired) electrons. The molecular formula is C18H32ClRu. The summed E-state index contributed by atoms with van der Waals surface area (Å²) in [5.41, 5.74) is 0. The van der Waals surface area contributed by atoms with Crippen LogP contribution in [0.4, 0.5) is 0 Å². The number of rotatable bonds is 0. The molecule has 0 aliphatic heterocycles. The van der Waals surface area contributed by atoms with Crippen LogP contribution < -0.4 is 0 Å². The first-order valence-electron chi connectivity index (χ1n) is 7.99. The van der Waals surface area contributed by atoms with Crippen LogP contribution in [0.2, 0.25) is 0 Å². The molecule has 2 aliphatic rings. The fourth-order valence-corrected chi connectivity index (χ4v) is 3.25. The van der Waals surface area contributed by atoms with E-state index in [1.54, 1.807) is 0 Å². The molecule has 0 spiro atoms. The molecule has 119 valence electrons. The Morgan fingerprint density at radius 3 is 0.850 bits per heavy atom. The summed E-state index contributed by atoms with van der Waals surface area (Å²) in [6.07, 6.45) is 14.0. The molecule has 2 heteroatoms. The molecule has 1 fully saturated rings. The number of allylic oxidation sites excluding steroid dienone is 4. The van der Waals surface area contributed by atoms with E-state index in [0.717, 1.165) is 29.6 Å². The monoisotopic (exact) mass is 385 g/mol. The van der Waals surface area contributed by atoms with Crippen molar-refractivity contribution in [3.63, 3.8) is 0 Å². The van der Waals surface area contributed by atoms with E-state index in [1.807, 2.05) is 17.3 Å². The first kappa shape index (κ1) is 20.4. The van der Waals surface area contributed by atoms with Crippen molar-refractivity contribution in [2.45, 2.75) is 60.3 Å². The van der Waals surface area contributed by atoms with E-state index < -0.39 is 0 Å². The van der Waals surface area contributed by atoms with Gasteiger partial charge in [0.05, 0.1) is 0 Å². The summed E-state index contributed by atoms with van der Waals surface area (Å²) in [4.78, 5) is 0. The predicted octanol–water partition coefficient (Wildman–Crippen LogP) is 6.54. The van der Waals surface area contributed by atoms with Crippen LogP contribution in [0.1, 0.15) is 60.3 Å². The third kappa shape index (κ3) is 6.90. The molecule has 0 bridgehead atoms. The average molecular weight is 385 g/mol. The first-order chi connectivity index (χ1) is 9.55. The molecule has 0 nitrogen and oxygen atoms in total. The Labute approximate surface area is 141 Å². The summed E-state index contributed by atoms with van der Waals surface area (Å²) >= 11 is 1.82. The summed E-state index contributed by atoms with van der Waals surface area (Å²) in [7, 11) is 4.57. The summed E-state index contributed by atoms with van der Waals surface area (Å²) < 4.78 is 0. The Kier molecular flexibility index (Phi) is 12.2. The maximum absolute atomic E-state index is 4.57. The van der Waals surface area contributed by atoms with Gasteiger partial charge >= 0.3 is 27.0 Å². The second-order valence-corrected chi connectivity index (χ2v) is 6.39. The van der Waals surface area contributed by atoms with Crippen molar-refractivity contribution in [2.75, 3.05) is 0 Å². The zero-order valence-corrected chi connectivity index (χ0v) is 16.3. The SMILES string of the molecule is C1=C\CC/C=C\CC/1.CC1C(C)C(C)C(C)C1C.[Cl][Ru]. The summed E-state index contributed by atoms with van der Waals surface area (Å²) in [5, 5.41) is 0. The second-order valence-electron chi connectivity index (χ2n) is 6.39. The summed E-state index contributed by atoms with van der Waals surface area (Å²) in [6.45, 7) is 12.0. The quantitative estimate of drug-likeness (QED) is 0.328. The topological polar surface area (TPSA) is 0 Å². The van der Waals surface area contributed by atoms with Crippen molar-refractivity contribution in [1.29, 1.82) is 0 Å². The third-order valence-electron chi connectivity index (χ3n) is 5.48. The Balaban J connectivity index is 0.000000327. The molecule has 1 saturated carbocycles. The fourth-order valence-electron chi connectivity index (χ4n) is 3.25. The molecule has 0 atom stereocenters. The Hall–Kier alpha value is 0.393. The van der Waals surface area contributed by atoms with Gasteiger partial charge in [-0.3, -0.25) is 0 Å². The van der Waals surface area contributed by atoms with Crippen LogP contribution in [-0.4, -0.2) is 0 Å². The second kappa shape index (κ2) is 12.0. The fraction of sp³-hybridized carbons (Fsp3) is 0.778. The van der Waals surface area contributed by atoms with Crippen molar-refractivity contribution >= 4 is 9.69 Å². The molecule has 0 unspecified atom stereocenters. The Morgan fingerprint density at radius 1 is 0.550 bits per heavy atom. The van der Waals surface area contributed by atoms with Crippen LogP contribution in [0.15, 0.2) is 24.3 Å². The summed E-state index contributed by atoms with van der Waals surface area (Å²) in [6, 6.07) is 0. The van der Waals surface area contributed by atoms with Crippen molar-refractivity contribution in [3.05, 3.63) is 24.3 Å². The molecule has 2 rings (SSSR count). The van der Waals surface area contributed by atoms with Gasteiger partial charge < -0.3 is 0 Å².